The number of hydrogen-bond acceptors (Lipinski definition) is 4. The summed E-state index contributed by atoms with van der Waals surface area (Å²) in [5.41, 5.74) is 7.79. The summed E-state index contributed by atoms with van der Waals surface area (Å²) in [6, 6.07) is 7.74. The Morgan fingerprint density at radius 2 is 2.35 bits per heavy atom. The van der Waals surface area contributed by atoms with E-state index in [0.717, 1.165) is 29.1 Å². The Balaban J connectivity index is 1.65. The summed E-state index contributed by atoms with van der Waals surface area (Å²) in [4.78, 5) is 16.2. The number of hydrogen-bond donors (Lipinski definition) is 2. The number of amides is 1. The van der Waals surface area contributed by atoms with Crippen molar-refractivity contribution in [1.29, 1.82) is 0 Å². The zero-order valence-corrected chi connectivity index (χ0v) is 11.9. The van der Waals surface area contributed by atoms with Gasteiger partial charge in [-0.15, -0.1) is 11.3 Å². The van der Waals surface area contributed by atoms with Crippen molar-refractivity contribution in [1.82, 2.24) is 4.98 Å². The molecule has 0 bridgehead atoms. The van der Waals surface area contributed by atoms with Gasteiger partial charge in [-0.2, -0.15) is 0 Å². The molecule has 1 fully saturated rings. The van der Waals surface area contributed by atoms with E-state index in [2.05, 4.69) is 10.3 Å². The number of carbonyl (C=O) groups is 1. The third kappa shape index (κ3) is 3.23. The van der Waals surface area contributed by atoms with E-state index in [4.69, 9.17) is 5.73 Å². The van der Waals surface area contributed by atoms with Crippen molar-refractivity contribution in [3.63, 3.8) is 0 Å². The summed E-state index contributed by atoms with van der Waals surface area (Å²) in [5.74, 6) is 0.531. The minimum Gasteiger partial charge on any atom is -0.327 e. The van der Waals surface area contributed by atoms with Gasteiger partial charge in [0.2, 0.25) is 5.91 Å². The molecule has 0 spiro atoms. The van der Waals surface area contributed by atoms with Gasteiger partial charge in [0.1, 0.15) is 5.01 Å². The summed E-state index contributed by atoms with van der Waals surface area (Å²) in [6.07, 6.45) is 4.49. The van der Waals surface area contributed by atoms with Gasteiger partial charge < -0.3 is 11.1 Å². The van der Waals surface area contributed by atoms with Crippen molar-refractivity contribution in [2.75, 3.05) is 5.32 Å². The van der Waals surface area contributed by atoms with Gasteiger partial charge in [0.15, 0.2) is 0 Å². The van der Waals surface area contributed by atoms with Gasteiger partial charge in [-0.1, -0.05) is 12.1 Å². The van der Waals surface area contributed by atoms with Crippen molar-refractivity contribution in [3.8, 4) is 10.6 Å². The van der Waals surface area contributed by atoms with Gasteiger partial charge >= 0.3 is 0 Å². The predicted octanol–water partition coefficient (Wildman–Crippen LogP) is 2.88. The van der Waals surface area contributed by atoms with Crippen LogP contribution in [0.2, 0.25) is 0 Å². The van der Waals surface area contributed by atoms with E-state index in [9.17, 15) is 4.79 Å². The van der Waals surface area contributed by atoms with Gasteiger partial charge in [-0.25, -0.2) is 4.98 Å². The number of nitrogens with one attached hydrogen (secondary N) is 1. The molecule has 1 aliphatic rings. The van der Waals surface area contributed by atoms with Gasteiger partial charge in [-0.3, -0.25) is 4.79 Å². The molecule has 3 N–H and O–H groups in total. The Hall–Kier alpha value is -1.72. The maximum Gasteiger partial charge on any atom is 0.225 e. The van der Waals surface area contributed by atoms with Crippen LogP contribution in [-0.4, -0.2) is 16.9 Å². The maximum atomic E-state index is 11.9. The molecule has 0 radical (unpaired) electrons. The van der Waals surface area contributed by atoms with Crippen LogP contribution in [0.1, 0.15) is 19.3 Å². The highest BCUT2D eigenvalue weighted by Crippen LogP contribution is 2.33. The SMILES string of the molecule is NC(CC(=O)Nc1cccc(-c2nccs2)c1)C1CC1. The van der Waals surface area contributed by atoms with E-state index >= 15 is 0 Å². The Labute approximate surface area is 122 Å². The number of thiazole rings is 1. The highest BCUT2D eigenvalue weighted by atomic mass is 32.1. The van der Waals surface area contributed by atoms with Crippen LogP contribution in [0.4, 0.5) is 5.69 Å². The van der Waals surface area contributed by atoms with Crippen molar-refractivity contribution in [2.45, 2.75) is 25.3 Å². The zero-order valence-electron chi connectivity index (χ0n) is 11.1. The first-order chi connectivity index (χ1) is 9.72. The van der Waals surface area contributed by atoms with E-state index in [1.807, 2.05) is 29.6 Å². The average molecular weight is 287 g/mol. The van der Waals surface area contributed by atoms with Gasteiger partial charge in [0.25, 0.3) is 0 Å². The molecule has 1 aromatic carbocycles. The Morgan fingerprint density at radius 1 is 1.50 bits per heavy atom. The number of benzene rings is 1. The summed E-state index contributed by atoms with van der Waals surface area (Å²) in [7, 11) is 0. The molecule has 5 heteroatoms. The molecule has 2 aromatic rings. The lowest BCUT2D eigenvalue weighted by atomic mass is 10.1. The number of rotatable bonds is 5. The van der Waals surface area contributed by atoms with E-state index in [1.54, 1.807) is 17.5 Å². The van der Waals surface area contributed by atoms with E-state index in [-0.39, 0.29) is 11.9 Å². The molecule has 0 saturated heterocycles. The smallest absolute Gasteiger partial charge is 0.225 e. The summed E-state index contributed by atoms with van der Waals surface area (Å²) < 4.78 is 0. The quantitative estimate of drug-likeness (QED) is 0.888. The molecule has 1 aliphatic carbocycles. The number of anilines is 1. The average Bonchev–Trinajstić information content (AvgIpc) is 3.14. The molecule has 1 aromatic heterocycles. The second kappa shape index (κ2) is 5.73. The molecule has 4 nitrogen and oxygen atoms in total. The highest BCUT2D eigenvalue weighted by molar-refractivity contribution is 7.13. The molecular weight excluding hydrogens is 270 g/mol. The van der Waals surface area contributed by atoms with E-state index < -0.39 is 0 Å². The molecule has 1 amide bonds. The summed E-state index contributed by atoms with van der Waals surface area (Å²) in [6.45, 7) is 0. The van der Waals surface area contributed by atoms with Crippen molar-refractivity contribution in [3.05, 3.63) is 35.8 Å². The molecule has 104 valence electrons. The normalized spacial score (nSPS) is 15.8. The lowest BCUT2D eigenvalue weighted by Crippen LogP contribution is -2.28. The minimum atomic E-state index is -0.0133. The Morgan fingerprint density at radius 3 is 3.05 bits per heavy atom. The van der Waals surface area contributed by atoms with E-state index in [1.165, 1.54) is 0 Å². The lowest BCUT2D eigenvalue weighted by Gasteiger charge is -2.11. The monoisotopic (exact) mass is 287 g/mol. The van der Waals surface area contributed by atoms with Crippen LogP contribution >= 0.6 is 11.3 Å². The second-order valence-corrected chi connectivity index (χ2v) is 6.07. The Bertz CT molecular complexity index is 593. The number of aromatic nitrogens is 1. The Kier molecular flexibility index (Phi) is 3.80. The van der Waals surface area contributed by atoms with Crippen molar-refractivity contribution in [2.24, 2.45) is 11.7 Å². The van der Waals surface area contributed by atoms with Gasteiger partial charge in [-0.05, 0) is 30.9 Å². The molecule has 1 atom stereocenters. The third-order valence-corrected chi connectivity index (χ3v) is 4.30. The van der Waals surface area contributed by atoms with Crippen LogP contribution in [0, 0.1) is 5.92 Å². The first-order valence-electron chi connectivity index (χ1n) is 6.78. The van der Waals surface area contributed by atoms with Crippen LogP contribution in [-0.2, 0) is 4.79 Å². The van der Waals surface area contributed by atoms with Crippen molar-refractivity contribution < 1.29 is 4.79 Å². The molecule has 1 unspecified atom stereocenters. The topological polar surface area (TPSA) is 68.0 Å². The van der Waals surface area contributed by atoms with Crippen molar-refractivity contribution >= 4 is 22.9 Å². The number of carbonyl (C=O) groups excluding carboxylic acids is 1. The minimum absolute atomic E-state index is 0.00264. The number of nitrogens with two attached hydrogens (primary N) is 1. The largest absolute Gasteiger partial charge is 0.327 e. The zero-order chi connectivity index (χ0) is 13.9. The van der Waals surface area contributed by atoms with Crippen LogP contribution in [0.3, 0.4) is 0 Å². The fourth-order valence-electron chi connectivity index (χ4n) is 2.21. The van der Waals surface area contributed by atoms with E-state index in [0.29, 0.717) is 12.3 Å². The van der Waals surface area contributed by atoms with Crippen LogP contribution in [0.5, 0.6) is 0 Å². The molecular formula is C15H17N3OS. The summed E-state index contributed by atoms with van der Waals surface area (Å²) >= 11 is 1.58. The first kappa shape index (κ1) is 13.3. The molecule has 0 aliphatic heterocycles. The standard InChI is InChI=1S/C15H17N3OS/c16-13(10-4-5-10)9-14(19)18-12-3-1-2-11(8-12)15-17-6-7-20-15/h1-3,6-8,10,13H,4-5,9,16H2,(H,18,19). The molecule has 20 heavy (non-hydrogen) atoms. The molecule has 3 rings (SSSR count). The fourth-order valence-corrected chi connectivity index (χ4v) is 2.85. The van der Waals surface area contributed by atoms with Gasteiger partial charge in [0, 0.05) is 35.3 Å². The maximum absolute atomic E-state index is 11.9. The second-order valence-electron chi connectivity index (χ2n) is 5.17. The van der Waals surface area contributed by atoms with Gasteiger partial charge in [0.05, 0.1) is 0 Å². The fraction of sp³-hybridized carbons (Fsp3) is 0.333. The third-order valence-electron chi connectivity index (χ3n) is 3.47. The predicted molar refractivity (Wildman–Crippen MR) is 81.5 cm³/mol. The first-order valence-corrected chi connectivity index (χ1v) is 7.66. The molecule has 1 heterocycles. The summed E-state index contributed by atoms with van der Waals surface area (Å²) in [5, 5.41) is 5.81. The molecule has 1 saturated carbocycles. The van der Waals surface area contributed by atoms with Crippen LogP contribution in [0.25, 0.3) is 10.6 Å². The van der Waals surface area contributed by atoms with Crippen LogP contribution < -0.4 is 11.1 Å². The number of nitrogens with zero attached hydrogens (tertiary/aromatic N) is 1. The lowest BCUT2D eigenvalue weighted by molar-refractivity contribution is -0.116. The highest BCUT2D eigenvalue weighted by Gasteiger charge is 2.29. The van der Waals surface area contributed by atoms with Crippen LogP contribution in [0.15, 0.2) is 35.8 Å².